The minimum absolute atomic E-state index is 0.126. The van der Waals surface area contributed by atoms with E-state index in [-0.39, 0.29) is 11.9 Å². The number of thioether (sulfide) groups is 1. The molecule has 0 fully saturated rings. The molecule has 0 aliphatic rings. The number of nitrogen functional groups attached to an aromatic ring is 2. The molecule has 4 N–H and O–H groups in total. The Bertz CT molecular complexity index is 736. The van der Waals surface area contributed by atoms with Crippen molar-refractivity contribution in [3.63, 3.8) is 0 Å². The fraction of sp³-hybridized carbons (Fsp3) is 0.0833. The van der Waals surface area contributed by atoms with Crippen LogP contribution >= 0.6 is 11.8 Å². The number of rotatable bonds is 3. The lowest BCUT2D eigenvalue weighted by Crippen LogP contribution is -2.06. The van der Waals surface area contributed by atoms with E-state index in [1.807, 2.05) is 24.3 Å². The molecule has 0 radical (unpaired) electrons. The molecule has 7 nitrogen and oxygen atoms in total. The van der Waals surface area contributed by atoms with Crippen molar-refractivity contribution in [3.8, 4) is 0 Å². The standard InChI is InChI=1S/C12H11N7S/c13-11-17-9(18-12(14)19-11)5-20-10-7-3-1-2-4-8(7)15-6-16-10/h1-4,6H,5H2,(H4,13,14,17,18,19). The van der Waals surface area contributed by atoms with Gasteiger partial charge in [0, 0.05) is 5.39 Å². The van der Waals surface area contributed by atoms with Crippen molar-refractivity contribution in [1.82, 2.24) is 24.9 Å². The fourth-order valence-electron chi connectivity index (χ4n) is 1.75. The molecule has 0 aliphatic carbocycles. The van der Waals surface area contributed by atoms with Crippen molar-refractivity contribution in [2.75, 3.05) is 11.5 Å². The second-order valence-electron chi connectivity index (χ2n) is 3.95. The summed E-state index contributed by atoms with van der Waals surface area (Å²) in [5.41, 5.74) is 12.0. The molecule has 1 aromatic carbocycles. The molecule has 0 aliphatic heterocycles. The Morgan fingerprint density at radius 1 is 0.950 bits per heavy atom. The number of nitrogens with two attached hydrogens (primary N) is 2. The van der Waals surface area contributed by atoms with Crippen LogP contribution in [0.15, 0.2) is 35.6 Å². The third kappa shape index (κ3) is 2.59. The molecule has 0 amide bonds. The molecule has 8 heteroatoms. The van der Waals surface area contributed by atoms with Crippen LogP contribution in [0, 0.1) is 0 Å². The van der Waals surface area contributed by atoms with Gasteiger partial charge in [-0.3, -0.25) is 0 Å². The highest BCUT2D eigenvalue weighted by Gasteiger charge is 2.07. The molecule has 0 bridgehead atoms. The van der Waals surface area contributed by atoms with E-state index in [4.69, 9.17) is 11.5 Å². The normalized spacial score (nSPS) is 10.8. The van der Waals surface area contributed by atoms with Crippen LogP contribution in [0.4, 0.5) is 11.9 Å². The van der Waals surface area contributed by atoms with E-state index in [1.165, 1.54) is 11.8 Å². The van der Waals surface area contributed by atoms with Crippen LogP contribution in [-0.4, -0.2) is 24.9 Å². The minimum Gasteiger partial charge on any atom is -0.368 e. The van der Waals surface area contributed by atoms with Crippen LogP contribution in [0.2, 0.25) is 0 Å². The SMILES string of the molecule is Nc1nc(N)nc(CSc2ncnc3ccccc23)n1. The molecule has 0 unspecified atom stereocenters. The largest absolute Gasteiger partial charge is 0.368 e. The average molecular weight is 285 g/mol. The summed E-state index contributed by atoms with van der Waals surface area (Å²) >= 11 is 1.51. The second-order valence-corrected chi connectivity index (χ2v) is 4.92. The molecule has 20 heavy (non-hydrogen) atoms. The molecular weight excluding hydrogens is 274 g/mol. The second kappa shape index (κ2) is 5.25. The van der Waals surface area contributed by atoms with E-state index in [0.29, 0.717) is 11.6 Å². The van der Waals surface area contributed by atoms with Gasteiger partial charge in [-0.15, -0.1) is 0 Å². The van der Waals surface area contributed by atoms with Crippen molar-refractivity contribution in [2.45, 2.75) is 10.8 Å². The summed E-state index contributed by atoms with van der Waals surface area (Å²) in [5.74, 6) is 1.29. The number of nitrogens with zero attached hydrogens (tertiary/aromatic N) is 5. The zero-order valence-corrected chi connectivity index (χ0v) is 11.2. The summed E-state index contributed by atoms with van der Waals surface area (Å²) < 4.78 is 0. The Kier molecular flexibility index (Phi) is 3.30. The van der Waals surface area contributed by atoms with E-state index in [1.54, 1.807) is 6.33 Å². The highest BCUT2D eigenvalue weighted by Crippen LogP contribution is 2.26. The molecular formula is C12H11N7S. The average Bonchev–Trinajstić information content (AvgIpc) is 2.44. The maximum absolute atomic E-state index is 5.54. The van der Waals surface area contributed by atoms with Crippen LogP contribution in [0.1, 0.15) is 5.82 Å². The van der Waals surface area contributed by atoms with Gasteiger partial charge in [-0.05, 0) is 6.07 Å². The van der Waals surface area contributed by atoms with Gasteiger partial charge < -0.3 is 11.5 Å². The maximum atomic E-state index is 5.54. The highest BCUT2D eigenvalue weighted by molar-refractivity contribution is 7.98. The smallest absolute Gasteiger partial charge is 0.225 e. The van der Waals surface area contributed by atoms with Crippen molar-refractivity contribution in [2.24, 2.45) is 0 Å². The molecule has 0 spiro atoms. The summed E-state index contributed by atoms with van der Waals surface area (Å²) in [4.78, 5) is 20.3. The van der Waals surface area contributed by atoms with Crippen LogP contribution in [0.25, 0.3) is 10.9 Å². The maximum Gasteiger partial charge on any atom is 0.225 e. The number of hydrogen-bond donors (Lipinski definition) is 2. The third-order valence-electron chi connectivity index (χ3n) is 2.56. The van der Waals surface area contributed by atoms with Gasteiger partial charge in [0.15, 0.2) is 0 Å². The van der Waals surface area contributed by atoms with E-state index in [9.17, 15) is 0 Å². The fourth-order valence-corrected chi connectivity index (χ4v) is 2.59. The first kappa shape index (κ1) is 12.5. The van der Waals surface area contributed by atoms with Gasteiger partial charge >= 0.3 is 0 Å². The summed E-state index contributed by atoms with van der Waals surface area (Å²) in [6, 6.07) is 7.82. The summed E-state index contributed by atoms with van der Waals surface area (Å²) in [5, 5.41) is 1.86. The number of para-hydroxylation sites is 1. The monoisotopic (exact) mass is 285 g/mol. The Labute approximate surface area is 118 Å². The first-order valence-electron chi connectivity index (χ1n) is 5.81. The number of anilines is 2. The van der Waals surface area contributed by atoms with Crippen LogP contribution in [0.3, 0.4) is 0 Å². The van der Waals surface area contributed by atoms with Crippen molar-refractivity contribution in [3.05, 3.63) is 36.4 Å². The Balaban J connectivity index is 1.87. The van der Waals surface area contributed by atoms with E-state index in [0.717, 1.165) is 15.9 Å². The van der Waals surface area contributed by atoms with Crippen molar-refractivity contribution < 1.29 is 0 Å². The van der Waals surface area contributed by atoms with Gasteiger partial charge in [-0.25, -0.2) is 9.97 Å². The highest BCUT2D eigenvalue weighted by atomic mass is 32.2. The van der Waals surface area contributed by atoms with Crippen LogP contribution in [-0.2, 0) is 5.75 Å². The molecule has 0 atom stereocenters. The molecule has 100 valence electrons. The first-order valence-corrected chi connectivity index (χ1v) is 6.79. The Morgan fingerprint density at radius 3 is 2.50 bits per heavy atom. The van der Waals surface area contributed by atoms with Gasteiger partial charge in [0.05, 0.1) is 11.3 Å². The summed E-state index contributed by atoms with van der Waals surface area (Å²) in [7, 11) is 0. The van der Waals surface area contributed by atoms with E-state index in [2.05, 4.69) is 24.9 Å². The first-order chi connectivity index (χ1) is 9.72. The Hall–Kier alpha value is -2.48. The summed E-state index contributed by atoms with van der Waals surface area (Å²) in [6.45, 7) is 0. The lowest BCUT2D eigenvalue weighted by molar-refractivity contribution is 0.985. The zero-order chi connectivity index (χ0) is 13.9. The summed E-state index contributed by atoms with van der Waals surface area (Å²) in [6.07, 6.45) is 1.54. The molecule has 0 saturated carbocycles. The van der Waals surface area contributed by atoms with E-state index >= 15 is 0 Å². The van der Waals surface area contributed by atoms with Crippen LogP contribution in [0.5, 0.6) is 0 Å². The molecule has 2 aromatic heterocycles. The zero-order valence-electron chi connectivity index (χ0n) is 10.4. The quantitative estimate of drug-likeness (QED) is 0.546. The number of hydrogen-bond acceptors (Lipinski definition) is 8. The molecule has 0 saturated heterocycles. The van der Waals surface area contributed by atoms with Crippen LogP contribution < -0.4 is 11.5 Å². The Morgan fingerprint density at radius 2 is 1.70 bits per heavy atom. The topological polar surface area (TPSA) is 116 Å². The predicted molar refractivity (Wildman–Crippen MR) is 77.8 cm³/mol. The molecule has 3 rings (SSSR count). The number of aromatic nitrogens is 5. The van der Waals surface area contributed by atoms with Gasteiger partial charge in [-0.1, -0.05) is 30.0 Å². The number of fused-ring (bicyclic) bond motifs is 1. The lowest BCUT2D eigenvalue weighted by atomic mass is 10.2. The van der Waals surface area contributed by atoms with Gasteiger partial charge in [0.1, 0.15) is 17.2 Å². The van der Waals surface area contributed by atoms with Crippen molar-refractivity contribution >= 4 is 34.6 Å². The molecule has 3 aromatic rings. The molecule has 2 heterocycles. The predicted octanol–water partition coefficient (Wildman–Crippen LogP) is 1.27. The van der Waals surface area contributed by atoms with Crippen molar-refractivity contribution in [1.29, 1.82) is 0 Å². The van der Waals surface area contributed by atoms with E-state index < -0.39 is 0 Å². The van der Waals surface area contributed by atoms with Gasteiger partial charge in [0.2, 0.25) is 11.9 Å². The lowest BCUT2D eigenvalue weighted by Gasteiger charge is -2.04. The third-order valence-corrected chi connectivity index (χ3v) is 3.56. The van der Waals surface area contributed by atoms with Gasteiger partial charge in [0.25, 0.3) is 0 Å². The number of benzene rings is 1. The minimum atomic E-state index is 0.126. The van der Waals surface area contributed by atoms with Gasteiger partial charge in [-0.2, -0.15) is 15.0 Å².